The molecule has 4 heterocycles. The zero-order chi connectivity index (χ0) is 19.8. The van der Waals surface area contributed by atoms with E-state index < -0.39 is 0 Å². The van der Waals surface area contributed by atoms with Gasteiger partial charge in [-0.3, -0.25) is 9.89 Å². The van der Waals surface area contributed by atoms with E-state index >= 15 is 0 Å². The van der Waals surface area contributed by atoms with Crippen LogP contribution in [0.15, 0.2) is 42.7 Å². The Morgan fingerprint density at radius 1 is 1.17 bits per heavy atom. The van der Waals surface area contributed by atoms with Crippen molar-refractivity contribution in [3.05, 3.63) is 65.4 Å². The van der Waals surface area contributed by atoms with Crippen LogP contribution in [0, 0.1) is 6.92 Å². The predicted molar refractivity (Wildman–Crippen MR) is 107 cm³/mol. The van der Waals surface area contributed by atoms with E-state index in [9.17, 15) is 4.79 Å². The number of H-pyrrole nitrogens is 1. The van der Waals surface area contributed by atoms with Crippen LogP contribution in [-0.2, 0) is 16.8 Å². The molecule has 2 aromatic heterocycles. The molecule has 0 radical (unpaired) electrons. The smallest absolute Gasteiger partial charge is 0.257 e. The van der Waals surface area contributed by atoms with Crippen molar-refractivity contribution in [1.29, 1.82) is 0 Å². The van der Waals surface area contributed by atoms with Crippen molar-refractivity contribution in [3.8, 4) is 11.3 Å². The Morgan fingerprint density at radius 3 is 2.76 bits per heavy atom. The van der Waals surface area contributed by atoms with Crippen LogP contribution < -0.4 is 0 Å². The number of amides is 1. The number of ether oxygens (including phenoxy) is 1. The summed E-state index contributed by atoms with van der Waals surface area (Å²) in [4.78, 5) is 24.1. The minimum absolute atomic E-state index is 0.0284. The van der Waals surface area contributed by atoms with Crippen molar-refractivity contribution >= 4 is 5.91 Å². The lowest BCUT2D eigenvalue weighted by Crippen LogP contribution is -2.48. The predicted octanol–water partition coefficient (Wildman–Crippen LogP) is 2.88. The summed E-state index contributed by atoms with van der Waals surface area (Å²) in [5.41, 5.74) is 4.12. The molecule has 7 heteroatoms. The number of fused-ring (bicyclic) bond motifs is 2. The first-order valence-electron chi connectivity index (χ1n) is 10.0. The zero-order valence-corrected chi connectivity index (χ0v) is 16.4. The van der Waals surface area contributed by atoms with Gasteiger partial charge in [-0.2, -0.15) is 5.10 Å². The maximum atomic E-state index is 13.4. The Bertz CT molecular complexity index is 1040. The largest absolute Gasteiger partial charge is 0.368 e. The first-order chi connectivity index (χ1) is 14.2. The van der Waals surface area contributed by atoms with Gasteiger partial charge >= 0.3 is 0 Å². The summed E-state index contributed by atoms with van der Waals surface area (Å²) in [6.45, 7) is 3.79. The third-order valence-electron chi connectivity index (χ3n) is 5.97. The Morgan fingerprint density at radius 2 is 1.97 bits per heavy atom. The van der Waals surface area contributed by atoms with Crippen molar-refractivity contribution in [2.75, 3.05) is 19.7 Å². The molecule has 148 valence electrons. The lowest BCUT2D eigenvalue weighted by atomic mass is 9.83. The number of nitrogens with one attached hydrogen (secondary N) is 1. The molecule has 2 aliphatic heterocycles. The Hall–Kier alpha value is -3.06. The zero-order valence-electron chi connectivity index (χ0n) is 16.4. The second-order valence-corrected chi connectivity index (χ2v) is 7.70. The average Bonchev–Trinajstić information content (AvgIpc) is 3.25. The number of nitrogens with zero attached hydrogens (tertiary/aromatic N) is 4. The fraction of sp³-hybridized carbons (Fsp3) is 0.364. The number of carbonyl (C=O) groups excluding carboxylic acids is 1. The second-order valence-electron chi connectivity index (χ2n) is 7.70. The molecule has 0 unspecified atom stereocenters. The highest BCUT2D eigenvalue weighted by Crippen LogP contribution is 2.40. The summed E-state index contributed by atoms with van der Waals surface area (Å²) in [6, 6.07) is 9.80. The number of benzene rings is 1. The molecule has 2 aliphatic rings. The maximum Gasteiger partial charge on any atom is 0.257 e. The highest BCUT2D eigenvalue weighted by molar-refractivity contribution is 5.99. The number of piperidine rings is 1. The molecule has 0 bridgehead atoms. The lowest BCUT2D eigenvalue weighted by molar-refractivity contribution is -0.0962. The normalized spacial score (nSPS) is 17.9. The topological polar surface area (TPSA) is 84.0 Å². The van der Waals surface area contributed by atoms with E-state index in [1.807, 2.05) is 48.4 Å². The monoisotopic (exact) mass is 389 g/mol. The highest BCUT2D eigenvalue weighted by Gasteiger charge is 2.43. The van der Waals surface area contributed by atoms with Crippen LogP contribution in [0.25, 0.3) is 11.3 Å². The molecular formula is C22H23N5O2. The van der Waals surface area contributed by atoms with Gasteiger partial charge in [0, 0.05) is 24.8 Å². The number of hydrogen-bond donors (Lipinski definition) is 1. The fourth-order valence-electron chi connectivity index (χ4n) is 4.40. The summed E-state index contributed by atoms with van der Waals surface area (Å²) in [7, 11) is 0. The summed E-state index contributed by atoms with van der Waals surface area (Å²) in [5.74, 6) is 0.625. The lowest BCUT2D eigenvalue weighted by Gasteiger charge is -2.43. The Labute approximate surface area is 169 Å². The van der Waals surface area contributed by atoms with Crippen LogP contribution in [0.1, 0.15) is 40.3 Å². The van der Waals surface area contributed by atoms with Crippen molar-refractivity contribution in [2.24, 2.45) is 0 Å². The molecule has 1 aromatic carbocycles. The molecule has 5 rings (SSSR count). The molecule has 29 heavy (non-hydrogen) atoms. The first-order valence-corrected chi connectivity index (χ1v) is 10.0. The summed E-state index contributed by atoms with van der Waals surface area (Å²) < 4.78 is 6.20. The molecular weight excluding hydrogens is 366 g/mol. The van der Waals surface area contributed by atoms with E-state index in [1.165, 1.54) is 5.56 Å². The molecule has 3 aromatic rings. The van der Waals surface area contributed by atoms with Crippen LogP contribution in [0.2, 0.25) is 0 Å². The van der Waals surface area contributed by atoms with Crippen LogP contribution in [0.4, 0.5) is 0 Å². The van der Waals surface area contributed by atoms with Crippen molar-refractivity contribution < 1.29 is 9.53 Å². The molecule has 7 nitrogen and oxygen atoms in total. The fourth-order valence-corrected chi connectivity index (χ4v) is 4.40. The molecule has 0 saturated carbocycles. The summed E-state index contributed by atoms with van der Waals surface area (Å²) in [6.07, 6.45) is 5.94. The SMILES string of the molecule is Cc1ncc(C(=O)N2CCC3(CC2)OCCc2cn[nH]c23)c(-c2ccccc2)n1. The van der Waals surface area contributed by atoms with Gasteiger partial charge in [-0.1, -0.05) is 30.3 Å². The van der Waals surface area contributed by atoms with Crippen LogP contribution >= 0.6 is 0 Å². The molecule has 0 aliphatic carbocycles. The van der Waals surface area contributed by atoms with Gasteiger partial charge < -0.3 is 9.64 Å². The second kappa shape index (κ2) is 7.08. The maximum absolute atomic E-state index is 13.4. The third-order valence-corrected chi connectivity index (χ3v) is 5.97. The summed E-state index contributed by atoms with van der Waals surface area (Å²) >= 11 is 0. The third kappa shape index (κ3) is 3.11. The number of hydrogen-bond acceptors (Lipinski definition) is 5. The minimum atomic E-state index is -0.354. The Kier molecular flexibility index (Phi) is 4.39. The average molecular weight is 389 g/mol. The number of likely N-dealkylation sites (tertiary alicyclic amines) is 1. The molecule has 1 amide bonds. The molecule has 1 fully saturated rings. The number of aryl methyl sites for hydroxylation is 1. The number of rotatable bonds is 2. The molecule has 1 saturated heterocycles. The van der Waals surface area contributed by atoms with E-state index in [4.69, 9.17) is 4.74 Å². The highest BCUT2D eigenvalue weighted by atomic mass is 16.5. The van der Waals surface area contributed by atoms with Crippen LogP contribution in [0.3, 0.4) is 0 Å². The van der Waals surface area contributed by atoms with Gasteiger partial charge in [0.1, 0.15) is 11.4 Å². The quantitative estimate of drug-likeness (QED) is 0.729. The van der Waals surface area contributed by atoms with E-state index in [0.717, 1.165) is 30.5 Å². The number of carbonyl (C=O) groups is 1. The number of aromatic nitrogens is 4. The standard InChI is InChI=1S/C22H23N5O2/c1-15-23-14-18(19(25-15)16-5-3-2-4-6-16)21(28)27-10-8-22(9-11-27)20-17(7-12-29-22)13-24-26-20/h2-6,13-14H,7-12H2,1H3,(H,24,26). The van der Waals surface area contributed by atoms with E-state index in [0.29, 0.717) is 36.8 Å². The first kappa shape index (κ1) is 18.0. The minimum Gasteiger partial charge on any atom is -0.368 e. The van der Waals surface area contributed by atoms with E-state index in [2.05, 4.69) is 20.2 Å². The van der Waals surface area contributed by atoms with Gasteiger partial charge in [-0.05, 0) is 31.7 Å². The molecule has 0 atom stereocenters. The molecule has 1 spiro atoms. The van der Waals surface area contributed by atoms with Gasteiger partial charge in [0.05, 0.1) is 29.8 Å². The van der Waals surface area contributed by atoms with E-state index in [-0.39, 0.29) is 11.5 Å². The van der Waals surface area contributed by atoms with Gasteiger partial charge in [0.15, 0.2) is 0 Å². The van der Waals surface area contributed by atoms with Crippen LogP contribution in [0.5, 0.6) is 0 Å². The van der Waals surface area contributed by atoms with E-state index in [1.54, 1.807) is 6.20 Å². The summed E-state index contributed by atoms with van der Waals surface area (Å²) in [5, 5.41) is 7.34. The van der Waals surface area contributed by atoms with Gasteiger partial charge in [-0.25, -0.2) is 9.97 Å². The van der Waals surface area contributed by atoms with Crippen molar-refractivity contribution in [3.63, 3.8) is 0 Å². The van der Waals surface area contributed by atoms with Crippen LogP contribution in [-0.4, -0.2) is 50.7 Å². The van der Waals surface area contributed by atoms with Gasteiger partial charge in [0.2, 0.25) is 0 Å². The molecule has 1 N–H and O–H groups in total. The Balaban J connectivity index is 1.40. The van der Waals surface area contributed by atoms with Crippen molar-refractivity contribution in [2.45, 2.75) is 31.8 Å². The number of aromatic amines is 1. The van der Waals surface area contributed by atoms with Crippen molar-refractivity contribution in [1.82, 2.24) is 25.1 Å². The van der Waals surface area contributed by atoms with Gasteiger partial charge in [-0.15, -0.1) is 0 Å². The van der Waals surface area contributed by atoms with Gasteiger partial charge in [0.25, 0.3) is 5.91 Å².